The molecule has 0 aromatic heterocycles. The highest BCUT2D eigenvalue weighted by Crippen LogP contribution is 2.35. The summed E-state index contributed by atoms with van der Waals surface area (Å²) in [6, 6.07) is -0.300. The van der Waals surface area contributed by atoms with E-state index in [1.165, 1.54) is 6.42 Å². The highest BCUT2D eigenvalue weighted by molar-refractivity contribution is 5.88. The molecular weight excluding hydrogens is 666 g/mol. The van der Waals surface area contributed by atoms with Crippen molar-refractivity contribution in [3.8, 4) is 0 Å². The van der Waals surface area contributed by atoms with Gasteiger partial charge in [0.1, 0.15) is 12.6 Å². The summed E-state index contributed by atoms with van der Waals surface area (Å²) in [7, 11) is 9.87. The molecule has 306 valence electrons. The number of fused-ring (bicyclic) bond motifs is 2. The van der Waals surface area contributed by atoms with Crippen LogP contribution in [0.25, 0.3) is 0 Å². The molecule has 10 atom stereocenters. The number of aldehydes is 2. The number of methoxy groups -OCH3 is 3. The molecular formula is C39H77N5O8. The Morgan fingerprint density at radius 3 is 1.96 bits per heavy atom. The highest BCUT2D eigenvalue weighted by Gasteiger charge is 2.43. The first-order chi connectivity index (χ1) is 24.8. The van der Waals surface area contributed by atoms with Gasteiger partial charge in [0, 0.05) is 54.0 Å². The maximum atomic E-state index is 13.5. The Morgan fingerprint density at radius 1 is 0.962 bits per heavy atom. The van der Waals surface area contributed by atoms with Gasteiger partial charge in [-0.15, -0.1) is 0 Å². The Bertz CT molecular complexity index is 986. The number of rotatable bonds is 16. The quantitative estimate of drug-likeness (QED) is 0.199. The predicted molar refractivity (Wildman–Crippen MR) is 208 cm³/mol. The van der Waals surface area contributed by atoms with E-state index in [4.69, 9.17) is 9.47 Å². The lowest BCUT2D eigenvalue weighted by atomic mass is 9.90. The van der Waals surface area contributed by atoms with Crippen LogP contribution < -0.4 is 16.0 Å². The number of hydrogen-bond acceptors (Lipinski definition) is 10. The molecule has 2 saturated heterocycles. The lowest BCUT2D eigenvalue weighted by Gasteiger charge is -2.39. The van der Waals surface area contributed by atoms with Crippen LogP contribution >= 0.6 is 0 Å². The summed E-state index contributed by atoms with van der Waals surface area (Å²) in [6.45, 7) is 16.5. The van der Waals surface area contributed by atoms with Crippen LogP contribution in [0.15, 0.2) is 0 Å². The van der Waals surface area contributed by atoms with Gasteiger partial charge in [-0.05, 0) is 57.9 Å². The summed E-state index contributed by atoms with van der Waals surface area (Å²) in [5, 5.41) is 8.95. The Morgan fingerprint density at radius 2 is 1.56 bits per heavy atom. The predicted octanol–water partition coefficient (Wildman–Crippen LogP) is 3.86. The fourth-order valence-corrected chi connectivity index (χ4v) is 6.90. The van der Waals surface area contributed by atoms with Crippen LogP contribution in [0.2, 0.25) is 0 Å². The van der Waals surface area contributed by atoms with Gasteiger partial charge in [0.15, 0.2) is 0 Å². The van der Waals surface area contributed by atoms with E-state index in [1.807, 2.05) is 39.5 Å². The van der Waals surface area contributed by atoms with E-state index in [1.54, 1.807) is 54.4 Å². The van der Waals surface area contributed by atoms with Crippen molar-refractivity contribution in [2.75, 3.05) is 55.6 Å². The van der Waals surface area contributed by atoms with Crippen molar-refractivity contribution in [3.63, 3.8) is 0 Å². The van der Waals surface area contributed by atoms with Gasteiger partial charge in [0.05, 0.1) is 49.3 Å². The third-order valence-corrected chi connectivity index (χ3v) is 9.85. The maximum absolute atomic E-state index is 13.5. The molecule has 3 N–H and O–H groups in total. The smallest absolute Gasteiger partial charge is 0.242 e. The summed E-state index contributed by atoms with van der Waals surface area (Å²) in [6.07, 6.45) is 7.86. The second-order valence-electron chi connectivity index (χ2n) is 13.8. The van der Waals surface area contributed by atoms with Crippen molar-refractivity contribution in [1.29, 1.82) is 0 Å². The zero-order valence-electron chi connectivity index (χ0n) is 35.2. The van der Waals surface area contributed by atoms with E-state index in [-0.39, 0.29) is 72.8 Å². The van der Waals surface area contributed by atoms with Gasteiger partial charge in [-0.1, -0.05) is 61.3 Å². The molecule has 2 bridgehead atoms. The zero-order chi connectivity index (χ0) is 40.4. The van der Waals surface area contributed by atoms with Gasteiger partial charge >= 0.3 is 0 Å². The van der Waals surface area contributed by atoms with Gasteiger partial charge in [-0.3, -0.25) is 14.4 Å². The van der Waals surface area contributed by atoms with Crippen LogP contribution in [0.4, 0.5) is 0 Å². The number of nitrogens with one attached hydrogen (secondary N) is 3. The Balaban J connectivity index is 0. The van der Waals surface area contributed by atoms with Crippen molar-refractivity contribution >= 4 is 30.3 Å². The lowest BCUT2D eigenvalue weighted by molar-refractivity contribution is -0.144. The van der Waals surface area contributed by atoms with Crippen LogP contribution in [0.5, 0.6) is 0 Å². The average molecular weight is 744 g/mol. The Kier molecular flexibility index (Phi) is 29.7. The SMILES string of the molecule is CC.CCC.CCC(C)C(C(CC(=O)N1CCCC1C(OC)C(C)C=O)OC)N(C)C(=O)CNC(=O)C1NC2CCC1C2.CN[C@@H](C)C=O.COC. The van der Waals surface area contributed by atoms with E-state index in [0.29, 0.717) is 18.5 Å². The van der Waals surface area contributed by atoms with E-state index in [9.17, 15) is 24.0 Å². The molecule has 3 amide bonds. The molecule has 3 fully saturated rings. The van der Waals surface area contributed by atoms with Crippen molar-refractivity contribution in [2.24, 2.45) is 17.8 Å². The third kappa shape index (κ3) is 17.1. The summed E-state index contributed by atoms with van der Waals surface area (Å²) in [5.74, 6) is -0.288. The number of likely N-dealkylation sites (tertiary alicyclic amines) is 1. The van der Waals surface area contributed by atoms with Crippen molar-refractivity contribution in [1.82, 2.24) is 25.8 Å². The number of carbonyl (C=O) groups excluding carboxylic acids is 5. The van der Waals surface area contributed by atoms with Crippen LogP contribution in [0.3, 0.4) is 0 Å². The van der Waals surface area contributed by atoms with Gasteiger partial charge < -0.3 is 49.5 Å². The van der Waals surface area contributed by atoms with Gasteiger partial charge in [0.25, 0.3) is 0 Å². The number of nitrogens with zero attached hydrogens (tertiary/aromatic N) is 2. The van der Waals surface area contributed by atoms with E-state index in [2.05, 4.69) is 34.5 Å². The van der Waals surface area contributed by atoms with Crippen molar-refractivity contribution in [3.05, 3.63) is 0 Å². The first-order valence-electron chi connectivity index (χ1n) is 19.4. The highest BCUT2D eigenvalue weighted by atomic mass is 16.5. The summed E-state index contributed by atoms with van der Waals surface area (Å²) in [5.41, 5.74) is 0. The molecule has 0 radical (unpaired) electrons. The summed E-state index contributed by atoms with van der Waals surface area (Å²) in [4.78, 5) is 64.0. The van der Waals surface area contributed by atoms with E-state index >= 15 is 0 Å². The minimum Gasteiger partial charge on any atom is -0.388 e. The van der Waals surface area contributed by atoms with Gasteiger partial charge in [-0.25, -0.2) is 0 Å². The number of piperidine rings is 1. The monoisotopic (exact) mass is 744 g/mol. The molecule has 0 aromatic carbocycles. The fraction of sp³-hybridized carbons (Fsp3) is 0.872. The fourth-order valence-electron chi connectivity index (χ4n) is 6.90. The first kappa shape index (κ1) is 51.7. The number of amides is 3. The Hall–Kier alpha value is -2.45. The molecule has 9 unspecified atom stereocenters. The normalized spacial score (nSPS) is 23.2. The summed E-state index contributed by atoms with van der Waals surface area (Å²) >= 11 is 0. The standard InChI is InChI=1S/C28H48N4O6.C4H9NO.C3H8.C2H6O.C2H6/c1-7-17(2)26(31(4)24(35)15-29-28(36)25-19-10-11-20(13-19)30-25)22(37-5)14-23(34)32-12-8-9-21(32)27(38-6)18(3)16-33;1-4(3-6)5-2;2*1-3-2;1-2/h16-22,25-27,30H,7-15H2,1-6H3,(H,29,36);3-5H,1-2H3;3H2,1-2H3;1-2H3;1-2H3/t;4-;;;/m.0.../s1. The van der Waals surface area contributed by atoms with Crippen molar-refractivity contribution < 1.29 is 38.2 Å². The molecule has 13 heteroatoms. The number of hydrogen-bond donors (Lipinski definition) is 3. The first-order valence-corrected chi connectivity index (χ1v) is 19.4. The van der Waals surface area contributed by atoms with E-state index < -0.39 is 6.10 Å². The molecule has 0 aromatic rings. The minimum absolute atomic E-state index is 0.00463. The number of carbonyl (C=O) groups is 5. The van der Waals surface area contributed by atoms with Crippen LogP contribution in [0, 0.1) is 17.8 Å². The summed E-state index contributed by atoms with van der Waals surface area (Å²) < 4.78 is 15.7. The Labute approximate surface area is 316 Å². The van der Waals surface area contributed by atoms with Crippen LogP contribution in [-0.4, -0.2) is 138 Å². The average Bonchev–Trinajstić information content (AvgIpc) is 3.93. The van der Waals surface area contributed by atoms with Crippen LogP contribution in [-0.2, 0) is 38.2 Å². The minimum atomic E-state index is -0.514. The molecule has 2 heterocycles. The number of likely N-dealkylation sites (N-methyl/N-ethyl adjacent to an activating group) is 2. The van der Waals surface area contributed by atoms with Gasteiger partial charge in [0.2, 0.25) is 17.7 Å². The third-order valence-electron chi connectivity index (χ3n) is 9.85. The molecule has 2 aliphatic heterocycles. The molecule has 3 aliphatic rings. The van der Waals surface area contributed by atoms with Gasteiger partial charge in [-0.2, -0.15) is 0 Å². The second-order valence-corrected chi connectivity index (χ2v) is 13.8. The molecule has 13 nitrogen and oxygen atoms in total. The molecule has 3 rings (SSSR count). The molecule has 1 aliphatic carbocycles. The zero-order valence-corrected chi connectivity index (χ0v) is 35.2. The molecule has 0 spiro atoms. The molecule has 52 heavy (non-hydrogen) atoms. The largest absolute Gasteiger partial charge is 0.388 e. The van der Waals surface area contributed by atoms with Crippen LogP contribution in [0.1, 0.15) is 107 Å². The van der Waals surface area contributed by atoms with E-state index in [0.717, 1.165) is 51.1 Å². The lowest BCUT2D eigenvalue weighted by Crippen LogP contribution is -2.55. The van der Waals surface area contributed by atoms with Crippen molar-refractivity contribution in [2.45, 2.75) is 149 Å². The topological polar surface area (TPSA) is 156 Å². The maximum Gasteiger partial charge on any atom is 0.242 e. The second kappa shape index (κ2) is 29.9. The number of ether oxygens (including phenoxy) is 3. The molecule has 1 saturated carbocycles.